The molecule has 3 nitrogen and oxygen atoms in total. The fourth-order valence-corrected chi connectivity index (χ4v) is 1.51. The Morgan fingerprint density at radius 3 is 2.19 bits per heavy atom. The van der Waals surface area contributed by atoms with Crippen LogP contribution in [0.1, 0.15) is 23.1 Å². The number of hydrogen-bond acceptors (Lipinski definition) is 3. The van der Waals surface area contributed by atoms with Crippen LogP contribution in [0.4, 0.5) is 0 Å². The Bertz CT molecular complexity index is 422. The van der Waals surface area contributed by atoms with Gasteiger partial charge in [-0.3, -0.25) is 0 Å². The smallest absolute Gasteiger partial charge is 0.125 e. The van der Waals surface area contributed by atoms with Gasteiger partial charge in [-0.2, -0.15) is 0 Å². The van der Waals surface area contributed by atoms with Crippen molar-refractivity contribution in [2.45, 2.75) is 13.0 Å². The predicted molar refractivity (Wildman–Crippen MR) is 62.3 cm³/mol. The summed E-state index contributed by atoms with van der Waals surface area (Å²) >= 11 is 5.78. The molecule has 0 spiro atoms. The van der Waals surface area contributed by atoms with E-state index in [0.717, 1.165) is 5.56 Å². The van der Waals surface area contributed by atoms with E-state index < -0.39 is 6.10 Å². The zero-order chi connectivity index (χ0) is 11.5. The lowest BCUT2D eigenvalue weighted by molar-refractivity contribution is 0.219. The average Bonchev–Trinajstić information content (AvgIpc) is 2.30. The van der Waals surface area contributed by atoms with Gasteiger partial charge in [-0.1, -0.05) is 23.7 Å². The number of benzene rings is 1. The van der Waals surface area contributed by atoms with Gasteiger partial charge >= 0.3 is 0 Å². The third-order valence-corrected chi connectivity index (χ3v) is 2.55. The summed E-state index contributed by atoms with van der Waals surface area (Å²) in [6, 6.07) is 7.06. The van der Waals surface area contributed by atoms with Crippen molar-refractivity contribution >= 4 is 11.6 Å². The van der Waals surface area contributed by atoms with Crippen molar-refractivity contribution in [2.75, 3.05) is 0 Å². The van der Waals surface area contributed by atoms with Gasteiger partial charge in [-0.25, -0.2) is 9.97 Å². The fourth-order valence-electron chi connectivity index (χ4n) is 1.38. The molecule has 0 fully saturated rings. The van der Waals surface area contributed by atoms with E-state index in [1.54, 1.807) is 43.6 Å². The lowest BCUT2D eigenvalue weighted by Gasteiger charge is -2.10. The highest BCUT2D eigenvalue weighted by Gasteiger charge is 2.10. The maximum atomic E-state index is 10.1. The van der Waals surface area contributed by atoms with Crippen LogP contribution in [-0.2, 0) is 0 Å². The SMILES string of the molecule is Cc1ncc(C(O)c2ccc(Cl)cc2)cn1. The number of aryl methyl sites for hydroxylation is 1. The quantitative estimate of drug-likeness (QED) is 0.869. The minimum atomic E-state index is -0.710. The maximum Gasteiger partial charge on any atom is 0.125 e. The van der Waals surface area contributed by atoms with E-state index in [9.17, 15) is 5.11 Å². The summed E-state index contributed by atoms with van der Waals surface area (Å²) in [7, 11) is 0. The van der Waals surface area contributed by atoms with E-state index in [1.165, 1.54) is 0 Å². The first-order chi connectivity index (χ1) is 7.66. The van der Waals surface area contributed by atoms with Crippen LogP contribution in [0, 0.1) is 6.92 Å². The van der Waals surface area contributed by atoms with Gasteiger partial charge in [0.25, 0.3) is 0 Å². The van der Waals surface area contributed by atoms with E-state index in [0.29, 0.717) is 16.4 Å². The van der Waals surface area contributed by atoms with Gasteiger partial charge in [0.05, 0.1) is 0 Å². The second-order valence-corrected chi connectivity index (χ2v) is 3.95. The van der Waals surface area contributed by atoms with Crippen molar-refractivity contribution in [1.29, 1.82) is 0 Å². The van der Waals surface area contributed by atoms with Gasteiger partial charge in [-0.05, 0) is 24.6 Å². The molecular weight excluding hydrogens is 224 g/mol. The maximum absolute atomic E-state index is 10.1. The van der Waals surface area contributed by atoms with E-state index in [2.05, 4.69) is 9.97 Å². The first-order valence-electron chi connectivity index (χ1n) is 4.89. The fraction of sp³-hybridized carbons (Fsp3) is 0.167. The summed E-state index contributed by atoms with van der Waals surface area (Å²) in [5.74, 6) is 0.687. The molecule has 0 saturated carbocycles. The van der Waals surface area contributed by atoms with Crippen molar-refractivity contribution in [3.8, 4) is 0 Å². The zero-order valence-corrected chi connectivity index (χ0v) is 9.52. The van der Waals surface area contributed by atoms with Crippen molar-refractivity contribution in [2.24, 2.45) is 0 Å². The highest BCUT2D eigenvalue weighted by molar-refractivity contribution is 6.30. The van der Waals surface area contributed by atoms with E-state index >= 15 is 0 Å². The lowest BCUT2D eigenvalue weighted by atomic mass is 10.0. The Kier molecular flexibility index (Phi) is 3.17. The third kappa shape index (κ3) is 2.38. The van der Waals surface area contributed by atoms with Gasteiger partial charge in [0.2, 0.25) is 0 Å². The number of aliphatic hydroxyl groups excluding tert-OH is 1. The summed E-state index contributed by atoms with van der Waals surface area (Å²) in [5.41, 5.74) is 1.45. The molecule has 2 rings (SSSR count). The van der Waals surface area contributed by atoms with Crippen molar-refractivity contribution in [3.63, 3.8) is 0 Å². The van der Waals surface area contributed by atoms with Crippen LogP contribution in [0.15, 0.2) is 36.7 Å². The summed E-state index contributed by atoms with van der Waals surface area (Å²) in [6.45, 7) is 1.80. The molecule has 1 heterocycles. The second-order valence-electron chi connectivity index (χ2n) is 3.52. The highest BCUT2D eigenvalue weighted by Crippen LogP contribution is 2.22. The van der Waals surface area contributed by atoms with Crippen LogP contribution in [0.25, 0.3) is 0 Å². The molecule has 0 aliphatic carbocycles. The number of aliphatic hydroxyl groups is 1. The van der Waals surface area contributed by atoms with Crippen molar-refractivity contribution in [1.82, 2.24) is 9.97 Å². The van der Waals surface area contributed by atoms with E-state index in [4.69, 9.17) is 11.6 Å². The standard InChI is InChI=1S/C12H11ClN2O/c1-8-14-6-10(7-15-8)12(16)9-2-4-11(13)5-3-9/h2-7,12,16H,1H3. The molecule has 0 radical (unpaired) electrons. The zero-order valence-electron chi connectivity index (χ0n) is 8.76. The Labute approximate surface area is 98.8 Å². The molecule has 82 valence electrons. The molecule has 1 aromatic heterocycles. The molecule has 1 atom stereocenters. The Morgan fingerprint density at radius 2 is 1.62 bits per heavy atom. The van der Waals surface area contributed by atoms with Crippen LogP contribution in [0.2, 0.25) is 5.02 Å². The molecule has 1 N–H and O–H groups in total. The molecule has 2 aromatic rings. The first kappa shape index (κ1) is 11.0. The summed E-state index contributed by atoms with van der Waals surface area (Å²) < 4.78 is 0. The van der Waals surface area contributed by atoms with Crippen LogP contribution in [0.5, 0.6) is 0 Å². The van der Waals surface area contributed by atoms with Gasteiger partial charge in [0.1, 0.15) is 11.9 Å². The topological polar surface area (TPSA) is 46.0 Å². The number of halogens is 1. The molecule has 0 aliphatic heterocycles. The Balaban J connectivity index is 2.28. The molecule has 0 saturated heterocycles. The van der Waals surface area contributed by atoms with Crippen molar-refractivity contribution < 1.29 is 5.11 Å². The van der Waals surface area contributed by atoms with Gasteiger partial charge < -0.3 is 5.11 Å². The largest absolute Gasteiger partial charge is 0.384 e. The number of nitrogens with zero attached hydrogens (tertiary/aromatic N) is 2. The highest BCUT2D eigenvalue weighted by atomic mass is 35.5. The molecule has 4 heteroatoms. The first-order valence-corrected chi connectivity index (χ1v) is 5.26. The molecule has 0 amide bonds. The van der Waals surface area contributed by atoms with Crippen LogP contribution in [-0.4, -0.2) is 15.1 Å². The van der Waals surface area contributed by atoms with Gasteiger partial charge in [0.15, 0.2) is 0 Å². The summed E-state index contributed by atoms with van der Waals surface area (Å²) in [5, 5.41) is 10.7. The molecule has 1 unspecified atom stereocenters. The second kappa shape index (κ2) is 4.60. The lowest BCUT2D eigenvalue weighted by Crippen LogP contribution is -2.01. The van der Waals surface area contributed by atoms with E-state index in [-0.39, 0.29) is 0 Å². The number of hydrogen-bond donors (Lipinski definition) is 1. The van der Waals surface area contributed by atoms with Gasteiger partial charge in [-0.15, -0.1) is 0 Å². The minimum absolute atomic E-state index is 0.649. The monoisotopic (exact) mass is 234 g/mol. The Morgan fingerprint density at radius 1 is 1.06 bits per heavy atom. The predicted octanol–water partition coefficient (Wildman–Crippen LogP) is 2.52. The number of aromatic nitrogens is 2. The normalized spacial score (nSPS) is 12.4. The third-order valence-electron chi connectivity index (χ3n) is 2.30. The molecule has 16 heavy (non-hydrogen) atoms. The molecular formula is C12H11ClN2O. The van der Waals surface area contributed by atoms with Crippen molar-refractivity contribution in [3.05, 3.63) is 58.6 Å². The van der Waals surface area contributed by atoms with E-state index in [1.807, 2.05) is 0 Å². The minimum Gasteiger partial charge on any atom is -0.384 e. The van der Waals surface area contributed by atoms with Crippen LogP contribution in [0.3, 0.4) is 0 Å². The van der Waals surface area contributed by atoms with Crippen LogP contribution >= 0.6 is 11.6 Å². The molecule has 0 bridgehead atoms. The average molecular weight is 235 g/mol. The summed E-state index contributed by atoms with van der Waals surface area (Å²) in [4.78, 5) is 8.09. The molecule has 1 aromatic carbocycles. The van der Waals surface area contributed by atoms with Gasteiger partial charge in [0, 0.05) is 23.0 Å². The number of rotatable bonds is 2. The molecule has 0 aliphatic rings. The van der Waals surface area contributed by atoms with Crippen LogP contribution < -0.4 is 0 Å². The Hall–Kier alpha value is -1.45. The summed E-state index contributed by atoms with van der Waals surface area (Å²) in [6.07, 6.45) is 2.54.